The molecule has 1 aliphatic heterocycles. The van der Waals surface area contributed by atoms with E-state index in [1.54, 1.807) is 4.90 Å². The van der Waals surface area contributed by atoms with E-state index in [0.717, 1.165) is 18.5 Å². The maximum Gasteiger partial charge on any atom is 0.317 e. The summed E-state index contributed by atoms with van der Waals surface area (Å²) in [5.74, 6) is -1.04. The number of hydrogen-bond donors (Lipinski definition) is 2. The molecule has 5 heteroatoms. The number of carbonyl (C=O) groups excluding carboxylic acids is 1. The Bertz CT molecular complexity index is 459. The molecule has 1 aliphatic rings. The number of nitrogens with one attached hydrogen (secondary N) is 1. The van der Waals surface area contributed by atoms with Crippen molar-refractivity contribution in [3.05, 3.63) is 29.8 Å². The van der Waals surface area contributed by atoms with Gasteiger partial charge in [-0.05, 0) is 24.5 Å². The summed E-state index contributed by atoms with van der Waals surface area (Å²) in [5.41, 5.74) is 2.13. The van der Waals surface area contributed by atoms with Crippen molar-refractivity contribution in [2.75, 3.05) is 24.5 Å². The molecule has 0 radical (unpaired) electrons. The van der Waals surface area contributed by atoms with Crippen molar-refractivity contribution in [3.63, 3.8) is 0 Å². The number of hydrogen-bond acceptors (Lipinski definition) is 3. The number of rotatable bonds is 4. The summed E-state index contributed by atoms with van der Waals surface area (Å²) in [6.45, 7) is 0.562. The Balaban J connectivity index is 2.01. The quantitative estimate of drug-likeness (QED) is 0.820. The Morgan fingerprint density at radius 2 is 2.06 bits per heavy atom. The molecule has 1 aromatic rings. The largest absolute Gasteiger partial charge is 0.480 e. The molecule has 0 aromatic heterocycles. The van der Waals surface area contributed by atoms with E-state index in [1.165, 1.54) is 5.56 Å². The molecule has 0 fully saturated rings. The van der Waals surface area contributed by atoms with Crippen LogP contribution in [0, 0.1) is 0 Å². The maximum atomic E-state index is 12.0. The number of nitrogens with zero attached hydrogens (tertiary/aromatic N) is 1. The van der Waals surface area contributed by atoms with Crippen LogP contribution in [0.3, 0.4) is 0 Å². The highest BCUT2D eigenvalue weighted by molar-refractivity contribution is 5.96. The van der Waals surface area contributed by atoms with E-state index >= 15 is 0 Å². The average Bonchev–Trinajstić information content (AvgIpc) is 2.37. The van der Waals surface area contributed by atoms with E-state index in [0.29, 0.717) is 6.54 Å². The first-order valence-corrected chi connectivity index (χ1v) is 5.99. The van der Waals surface area contributed by atoms with Crippen LogP contribution in [-0.4, -0.2) is 36.6 Å². The second-order valence-electron chi connectivity index (χ2n) is 4.27. The monoisotopic (exact) mass is 248 g/mol. The van der Waals surface area contributed by atoms with Gasteiger partial charge in [-0.15, -0.1) is 0 Å². The second-order valence-corrected chi connectivity index (χ2v) is 4.27. The topological polar surface area (TPSA) is 69.6 Å². The van der Waals surface area contributed by atoms with E-state index in [4.69, 9.17) is 5.11 Å². The zero-order valence-electron chi connectivity index (χ0n) is 10.1. The van der Waals surface area contributed by atoms with Crippen LogP contribution in [0.15, 0.2) is 24.3 Å². The molecule has 2 rings (SSSR count). The summed E-state index contributed by atoms with van der Waals surface area (Å²) in [6, 6.07) is 7.84. The maximum absolute atomic E-state index is 12.0. The Morgan fingerprint density at radius 3 is 2.83 bits per heavy atom. The van der Waals surface area contributed by atoms with E-state index in [1.807, 2.05) is 24.3 Å². The normalized spacial score (nSPS) is 14.1. The number of aliphatic carboxylic acids is 1. The molecule has 96 valence electrons. The minimum Gasteiger partial charge on any atom is -0.480 e. The van der Waals surface area contributed by atoms with Gasteiger partial charge in [0.1, 0.15) is 0 Å². The molecule has 0 bridgehead atoms. The number of fused-ring (bicyclic) bond motifs is 1. The molecule has 1 heterocycles. The fourth-order valence-corrected chi connectivity index (χ4v) is 2.16. The fraction of sp³-hybridized carbons (Fsp3) is 0.385. The molecule has 18 heavy (non-hydrogen) atoms. The molecule has 2 N–H and O–H groups in total. The molecule has 0 unspecified atom stereocenters. The minimum absolute atomic E-state index is 0.0562. The van der Waals surface area contributed by atoms with Crippen LogP contribution in [0.25, 0.3) is 0 Å². The van der Waals surface area contributed by atoms with Crippen LogP contribution in [0.2, 0.25) is 0 Å². The van der Waals surface area contributed by atoms with Gasteiger partial charge in [0.05, 0.1) is 13.1 Å². The van der Waals surface area contributed by atoms with Crippen LogP contribution < -0.4 is 10.2 Å². The van der Waals surface area contributed by atoms with Gasteiger partial charge in [0, 0.05) is 12.2 Å². The van der Waals surface area contributed by atoms with Gasteiger partial charge in [-0.25, -0.2) is 0 Å². The van der Waals surface area contributed by atoms with E-state index in [9.17, 15) is 9.59 Å². The lowest BCUT2D eigenvalue weighted by Gasteiger charge is -2.29. The van der Waals surface area contributed by atoms with Gasteiger partial charge in [-0.1, -0.05) is 18.2 Å². The Kier molecular flexibility index (Phi) is 3.94. The zero-order chi connectivity index (χ0) is 13.0. The van der Waals surface area contributed by atoms with Crippen molar-refractivity contribution < 1.29 is 14.7 Å². The summed E-state index contributed by atoms with van der Waals surface area (Å²) in [4.78, 5) is 24.1. The lowest BCUT2D eigenvalue weighted by molar-refractivity contribution is -0.135. The highest BCUT2D eigenvalue weighted by Crippen LogP contribution is 2.26. The number of carboxylic acids is 1. The van der Waals surface area contributed by atoms with Gasteiger partial charge in [0.15, 0.2) is 0 Å². The minimum atomic E-state index is -0.957. The van der Waals surface area contributed by atoms with Crippen LogP contribution in [0.4, 0.5) is 5.69 Å². The van der Waals surface area contributed by atoms with Crippen LogP contribution in [0.5, 0.6) is 0 Å². The van der Waals surface area contributed by atoms with Crippen LogP contribution in [-0.2, 0) is 16.0 Å². The first kappa shape index (κ1) is 12.6. The van der Waals surface area contributed by atoms with Crippen molar-refractivity contribution in [1.82, 2.24) is 5.32 Å². The Labute approximate surface area is 105 Å². The highest BCUT2D eigenvalue weighted by atomic mass is 16.4. The molecule has 0 spiro atoms. The van der Waals surface area contributed by atoms with E-state index in [-0.39, 0.29) is 19.0 Å². The van der Waals surface area contributed by atoms with Crippen molar-refractivity contribution in [2.45, 2.75) is 12.8 Å². The molecule has 0 atom stereocenters. The number of para-hydroxylation sites is 1. The number of amides is 1. The molecule has 0 saturated heterocycles. The molecular weight excluding hydrogens is 232 g/mol. The SMILES string of the molecule is O=C(O)CNCC(=O)N1CCCc2ccccc21. The lowest BCUT2D eigenvalue weighted by atomic mass is 10.0. The molecular formula is C13H16N2O3. The number of anilines is 1. The van der Waals surface area contributed by atoms with Gasteiger partial charge in [0.25, 0.3) is 0 Å². The number of aryl methyl sites for hydroxylation is 1. The first-order chi connectivity index (χ1) is 8.68. The Morgan fingerprint density at radius 1 is 1.28 bits per heavy atom. The van der Waals surface area contributed by atoms with Crippen molar-refractivity contribution in [2.24, 2.45) is 0 Å². The van der Waals surface area contributed by atoms with E-state index < -0.39 is 5.97 Å². The molecule has 1 aromatic carbocycles. The summed E-state index contributed by atoms with van der Waals surface area (Å²) < 4.78 is 0. The molecule has 5 nitrogen and oxygen atoms in total. The summed E-state index contributed by atoms with van der Waals surface area (Å²) >= 11 is 0. The molecule has 0 saturated carbocycles. The van der Waals surface area contributed by atoms with Crippen molar-refractivity contribution in [3.8, 4) is 0 Å². The third-order valence-corrected chi connectivity index (χ3v) is 2.96. The summed E-state index contributed by atoms with van der Waals surface area (Å²) in [5, 5.41) is 11.1. The van der Waals surface area contributed by atoms with Gasteiger partial charge < -0.3 is 10.0 Å². The first-order valence-electron chi connectivity index (χ1n) is 5.99. The van der Waals surface area contributed by atoms with Gasteiger partial charge in [0.2, 0.25) is 5.91 Å². The van der Waals surface area contributed by atoms with Crippen molar-refractivity contribution in [1.29, 1.82) is 0 Å². The van der Waals surface area contributed by atoms with Gasteiger partial charge in [-0.3, -0.25) is 14.9 Å². The average molecular weight is 248 g/mol. The zero-order valence-corrected chi connectivity index (χ0v) is 10.1. The third-order valence-electron chi connectivity index (χ3n) is 2.96. The highest BCUT2D eigenvalue weighted by Gasteiger charge is 2.21. The number of benzene rings is 1. The predicted molar refractivity (Wildman–Crippen MR) is 67.6 cm³/mol. The van der Waals surface area contributed by atoms with Gasteiger partial charge >= 0.3 is 5.97 Å². The molecule has 1 amide bonds. The second kappa shape index (κ2) is 5.64. The van der Waals surface area contributed by atoms with E-state index in [2.05, 4.69) is 5.32 Å². The third kappa shape index (κ3) is 2.87. The van der Waals surface area contributed by atoms with Crippen LogP contribution >= 0.6 is 0 Å². The summed E-state index contributed by atoms with van der Waals surface area (Å²) in [6.07, 6.45) is 1.93. The molecule has 0 aliphatic carbocycles. The predicted octanol–water partition coefficient (Wildman–Crippen LogP) is 0.640. The smallest absolute Gasteiger partial charge is 0.317 e. The number of carbonyl (C=O) groups is 2. The standard InChI is InChI=1S/C13H16N2O3/c16-12(8-14-9-13(17)18)15-7-3-5-10-4-1-2-6-11(10)15/h1-2,4,6,14H,3,5,7-9H2,(H,17,18). The van der Waals surface area contributed by atoms with Gasteiger partial charge in [-0.2, -0.15) is 0 Å². The Hall–Kier alpha value is -1.88. The fourth-order valence-electron chi connectivity index (χ4n) is 2.16. The summed E-state index contributed by atoms with van der Waals surface area (Å²) in [7, 11) is 0. The lowest BCUT2D eigenvalue weighted by Crippen LogP contribution is -2.42. The van der Waals surface area contributed by atoms with Crippen molar-refractivity contribution >= 4 is 17.6 Å². The van der Waals surface area contributed by atoms with Crippen LogP contribution in [0.1, 0.15) is 12.0 Å². The number of carboxylic acid groups (broad SMARTS) is 1.